The zero-order chi connectivity index (χ0) is 12.8. The molecule has 1 heterocycles. The van der Waals surface area contributed by atoms with Gasteiger partial charge in [-0.3, -0.25) is 4.79 Å². The van der Waals surface area contributed by atoms with Gasteiger partial charge in [-0.25, -0.2) is 0 Å². The van der Waals surface area contributed by atoms with E-state index in [1.165, 1.54) is 0 Å². The van der Waals surface area contributed by atoms with Crippen LogP contribution in [0.15, 0.2) is 24.3 Å². The summed E-state index contributed by atoms with van der Waals surface area (Å²) >= 11 is 0. The Morgan fingerprint density at radius 2 is 2.06 bits per heavy atom. The van der Waals surface area contributed by atoms with Crippen molar-refractivity contribution in [1.29, 1.82) is 0 Å². The van der Waals surface area contributed by atoms with Crippen LogP contribution in [0.4, 0.5) is 0 Å². The van der Waals surface area contributed by atoms with Crippen molar-refractivity contribution in [3.8, 4) is 5.75 Å². The lowest BCUT2D eigenvalue weighted by atomic mass is 10.1. The summed E-state index contributed by atoms with van der Waals surface area (Å²) < 4.78 is 15.9. The molecule has 4 nitrogen and oxygen atoms in total. The lowest BCUT2D eigenvalue weighted by Gasteiger charge is -2.07. The van der Waals surface area contributed by atoms with Crippen LogP contribution >= 0.6 is 0 Å². The predicted molar refractivity (Wildman–Crippen MR) is 67.1 cm³/mol. The minimum absolute atomic E-state index is 0.148. The molecule has 0 radical (unpaired) electrons. The van der Waals surface area contributed by atoms with Crippen molar-refractivity contribution in [3.63, 3.8) is 0 Å². The Bertz CT molecular complexity index is 381. The maximum absolute atomic E-state index is 11.4. The number of benzene rings is 1. The van der Waals surface area contributed by atoms with E-state index in [1.807, 2.05) is 19.1 Å². The van der Waals surface area contributed by atoms with Crippen LogP contribution in [0.1, 0.15) is 23.7 Å². The highest BCUT2D eigenvalue weighted by Crippen LogP contribution is 2.13. The summed E-state index contributed by atoms with van der Waals surface area (Å²) in [4.78, 5) is 11.4. The molecule has 1 atom stereocenters. The third-order valence-electron chi connectivity index (χ3n) is 2.70. The topological polar surface area (TPSA) is 48.1 Å². The molecule has 0 saturated carbocycles. The van der Waals surface area contributed by atoms with Gasteiger partial charge in [-0.1, -0.05) is 6.92 Å². The molecule has 0 bridgehead atoms. The number of ether oxygens (including phenoxy) is 3. The fourth-order valence-electron chi connectivity index (χ4n) is 1.54. The van der Waals surface area contributed by atoms with Crippen molar-refractivity contribution in [2.45, 2.75) is 19.4 Å². The molecular weight excluding hydrogens is 232 g/mol. The summed E-state index contributed by atoms with van der Waals surface area (Å²) in [6, 6.07) is 7.21. The third-order valence-corrected chi connectivity index (χ3v) is 2.70. The van der Waals surface area contributed by atoms with Crippen molar-refractivity contribution >= 4 is 5.78 Å². The van der Waals surface area contributed by atoms with Gasteiger partial charge in [-0.15, -0.1) is 0 Å². The van der Waals surface area contributed by atoms with E-state index in [4.69, 9.17) is 14.2 Å². The number of Topliss-reactive ketones (excluding diaryl/α,β-unsaturated/α-hetero) is 1. The highest BCUT2D eigenvalue weighted by molar-refractivity contribution is 5.95. The van der Waals surface area contributed by atoms with Gasteiger partial charge >= 0.3 is 0 Å². The van der Waals surface area contributed by atoms with E-state index in [-0.39, 0.29) is 5.78 Å². The van der Waals surface area contributed by atoms with Gasteiger partial charge in [0.1, 0.15) is 18.5 Å². The summed E-state index contributed by atoms with van der Waals surface area (Å²) in [5.41, 5.74) is 0.729. The minimum atomic E-state index is 0.148. The lowest BCUT2D eigenvalue weighted by Crippen LogP contribution is -2.10. The average molecular weight is 250 g/mol. The van der Waals surface area contributed by atoms with Gasteiger partial charge in [0, 0.05) is 12.0 Å². The van der Waals surface area contributed by atoms with Gasteiger partial charge < -0.3 is 14.2 Å². The molecule has 0 aromatic heterocycles. The second kappa shape index (κ2) is 6.52. The molecule has 1 aromatic rings. The largest absolute Gasteiger partial charge is 0.491 e. The average Bonchev–Trinajstić information content (AvgIpc) is 3.22. The zero-order valence-electron chi connectivity index (χ0n) is 10.6. The number of epoxide rings is 1. The zero-order valence-corrected chi connectivity index (χ0v) is 10.6. The van der Waals surface area contributed by atoms with E-state index >= 15 is 0 Å². The van der Waals surface area contributed by atoms with E-state index in [1.54, 1.807) is 12.1 Å². The van der Waals surface area contributed by atoms with Crippen LogP contribution in [0, 0.1) is 0 Å². The fourth-order valence-corrected chi connectivity index (χ4v) is 1.54. The Hall–Kier alpha value is -1.39. The number of ketones is 1. The molecule has 0 spiro atoms. The SMILES string of the molecule is CCC(=O)c1ccc(OCCOCC2CO2)cc1. The van der Waals surface area contributed by atoms with Crippen LogP contribution in [-0.4, -0.2) is 38.3 Å². The number of carbonyl (C=O) groups excluding carboxylic acids is 1. The van der Waals surface area contributed by atoms with Crippen LogP contribution < -0.4 is 4.74 Å². The Balaban J connectivity index is 1.67. The highest BCUT2D eigenvalue weighted by atomic mass is 16.6. The Kier molecular flexibility index (Phi) is 4.73. The molecule has 0 amide bonds. The third kappa shape index (κ3) is 4.13. The van der Waals surface area contributed by atoms with Gasteiger partial charge in [0.15, 0.2) is 5.78 Å². The number of carbonyl (C=O) groups is 1. The Labute approximate surface area is 107 Å². The second-order valence-electron chi connectivity index (χ2n) is 4.18. The highest BCUT2D eigenvalue weighted by Gasteiger charge is 2.21. The molecule has 0 aliphatic carbocycles. The molecule has 18 heavy (non-hydrogen) atoms. The maximum atomic E-state index is 11.4. The van der Waals surface area contributed by atoms with Gasteiger partial charge in [-0.05, 0) is 24.3 Å². The van der Waals surface area contributed by atoms with Gasteiger partial charge in [-0.2, -0.15) is 0 Å². The summed E-state index contributed by atoms with van der Waals surface area (Å²) in [6.45, 7) is 4.37. The maximum Gasteiger partial charge on any atom is 0.162 e. The summed E-state index contributed by atoms with van der Waals surface area (Å²) in [5.74, 6) is 0.906. The molecule has 1 unspecified atom stereocenters. The molecule has 1 aromatic carbocycles. The van der Waals surface area contributed by atoms with Crippen LogP contribution in [-0.2, 0) is 9.47 Å². The van der Waals surface area contributed by atoms with E-state index in [9.17, 15) is 4.79 Å². The number of hydrogen-bond donors (Lipinski definition) is 0. The first-order valence-corrected chi connectivity index (χ1v) is 6.25. The molecule has 1 saturated heterocycles. The van der Waals surface area contributed by atoms with Crippen LogP contribution in [0.2, 0.25) is 0 Å². The second-order valence-corrected chi connectivity index (χ2v) is 4.18. The predicted octanol–water partition coefficient (Wildman–Crippen LogP) is 2.07. The van der Waals surface area contributed by atoms with Gasteiger partial charge in [0.2, 0.25) is 0 Å². The van der Waals surface area contributed by atoms with Gasteiger partial charge in [0.05, 0.1) is 19.8 Å². The number of rotatable bonds is 8. The van der Waals surface area contributed by atoms with Crippen molar-refractivity contribution < 1.29 is 19.0 Å². The summed E-state index contributed by atoms with van der Waals surface area (Å²) in [6.07, 6.45) is 0.821. The van der Waals surface area contributed by atoms with Crippen molar-refractivity contribution in [3.05, 3.63) is 29.8 Å². The van der Waals surface area contributed by atoms with Crippen molar-refractivity contribution in [1.82, 2.24) is 0 Å². The fraction of sp³-hybridized carbons (Fsp3) is 0.500. The van der Waals surface area contributed by atoms with Crippen molar-refractivity contribution in [2.24, 2.45) is 0 Å². The lowest BCUT2D eigenvalue weighted by molar-refractivity contribution is 0.0878. The Morgan fingerprint density at radius 1 is 1.33 bits per heavy atom. The molecule has 1 aliphatic rings. The monoisotopic (exact) mass is 250 g/mol. The van der Waals surface area contributed by atoms with Crippen LogP contribution in [0.25, 0.3) is 0 Å². The molecule has 0 N–H and O–H groups in total. The van der Waals surface area contributed by atoms with E-state index in [0.717, 1.165) is 17.9 Å². The van der Waals surface area contributed by atoms with Gasteiger partial charge in [0.25, 0.3) is 0 Å². The summed E-state index contributed by atoms with van der Waals surface area (Å²) in [5, 5.41) is 0. The van der Waals surface area contributed by atoms with Crippen molar-refractivity contribution in [2.75, 3.05) is 26.4 Å². The van der Waals surface area contributed by atoms with E-state index in [0.29, 0.717) is 32.3 Å². The van der Waals surface area contributed by atoms with E-state index in [2.05, 4.69) is 0 Å². The minimum Gasteiger partial charge on any atom is -0.491 e. The quantitative estimate of drug-likeness (QED) is 0.402. The molecule has 1 aliphatic heterocycles. The first kappa shape index (κ1) is 13.1. The smallest absolute Gasteiger partial charge is 0.162 e. The normalized spacial score (nSPS) is 17.5. The van der Waals surface area contributed by atoms with Crippen LogP contribution in [0.5, 0.6) is 5.75 Å². The Morgan fingerprint density at radius 3 is 2.67 bits per heavy atom. The molecular formula is C14H18O4. The first-order valence-electron chi connectivity index (χ1n) is 6.25. The molecule has 4 heteroatoms. The number of hydrogen-bond acceptors (Lipinski definition) is 4. The van der Waals surface area contributed by atoms with Crippen LogP contribution in [0.3, 0.4) is 0 Å². The summed E-state index contributed by atoms with van der Waals surface area (Å²) in [7, 11) is 0. The van der Waals surface area contributed by atoms with E-state index < -0.39 is 0 Å². The standard InChI is InChI=1S/C14H18O4/c1-2-14(15)11-3-5-12(6-4-11)17-8-7-16-9-13-10-18-13/h3-6,13H,2,7-10H2,1H3. The molecule has 1 fully saturated rings. The first-order chi connectivity index (χ1) is 8.79. The molecule has 2 rings (SSSR count). The molecule has 98 valence electrons.